The van der Waals surface area contributed by atoms with Gasteiger partial charge in [0.05, 0.1) is 11.4 Å². The van der Waals surface area contributed by atoms with Crippen molar-refractivity contribution >= 4 is 28.4 Å². The fourth-order valence-electron chi connectivity index (χ4n) is 3.75. The normalized spacial score (nSPS) is 18.8. The minimum Gasteiger partial charge on any atom is -0.353 e. The van der Waals surface area contributed by atoms with E-state index in [1.54, 1.807) is 4.90 Å². The molecule has 2 heterocycles. The molecule has 2 aromatic rings. The lowest BCUT2D eigenvalue weighted by Gasteiger charge is -2.16. The Kier molecular flexibility index (Phi) is 4.03. The van der Waals surface area contributed by atoms with Gasteiger partial charge in [-0.05, 0) is 50.3 Å². The number of likely N-dealkylation sites (tertiary alicyclic amines) is 1. The van der Waals surface area contributed by atoms with Gasteiger partial charge in [-0.2, -0.15) is 5.10 Å². The van der Waals surface area contributed by atoms with Crippen LogP contribution in [0, 0.1) is 6.92 Å². The number of benzene rings is 1. The molecule has 0 bridgehead atoms. The molecule has 0 spiro atoms. The van der Waals surface area contributed by atoms with Gasteiger partial charge in [0, 0.05) is 23.9 Å². The van der Waals surface area contributed by atoms with Crippen molar-refractivity contribution in [2.45, 2.75) is 39.0 Å². The van der Waals surface area contributed by atoms with E-state index >= 15 is 0 Å². The van der Waals surface area contributed by atoms with Gasteiger partial charge >= 0.3 is 0 Å². The molecule has 6 nitrogen and oxygen atoms in total. The van der Waals surface area contributed by atoms with Crippen LogP contribution in [-0.2, 0) is 16.0 Å². The Bertz CT molecular complexity index is 881. The first-order valence-corrected chi connectivity index (χ1v) is 8.86. The molecule has 1 saturated heterocycles. The van der Waals surface area contributed by atoms with Crippen molar-refractivity contribution in [1.29, 1.82) is 0 Å². The van der Waals surface area contributed by atoms with E-state index in [2.05, 4.69) is 40.6 Å². The van der Waals surface area contributed by atoms with E-state index in [4.69, 9.17) is 0 Å². The number of nitrogens with zero attached hydrogens (tertiary/aromatic N) is 2. The Morgan fingerprint density at radius 2 is 2.16 bits per heavy atom. The first-order chi connectivity index (χ1) is 12.1. The second kappa shape index (κ2) is 6.35. The standard InChI is InChI=1S/C19H22N4O2/c1-12-7-8-15-14(10-12)13-4-2-5-16(19(13)20-15)21-22-17(24)11-23-9-3-6-18(23)25/h7-8,10,20H,2-6,9,11H2,1H3,(H,22,24)/b21-16-. The van der Waals surface area contributed by atoms with Crippen molar-refractivity contribution in [3.8, 4) is 0 Å². The predicted octanol–water partition coefficient (Wildman–Crippen LogP) is 2.26. The number of aromatic nitrogens is 1. The maximum Gasteiger partial charge on any atom is 0.259 e. The fraction of sp³-hybridized carbons (Fsp3) is 0.421. The summed E-state index contributed by atoms with van der Waals surface area (Å²) < 4.78 is 0. The molecule has 0 atom stereocenters. The van der Waals surface area contributed by atoms with E-state index in [9.17, 15) is 9.59 Å². The molecule has 2 aliphatic rings. The number of fused-ring (bicyclic) bond motifs is 3. The first kappa shape index (κ1) is 15.9. The van der Waals surface area contributed by atoms with Crippen molar-refractivity contribution in [3.63, 3.8) is 0 Å². The monoisotopic (exact) mass is 338 g/mol. The van der Waals surface area contributed by atoms with Gasteiger partial charge in [-0.15, -0.1) is 0 Å². The Morgan fingerprint density at radius 3 is 2.96 bits per heavy atom. The number of hydrogen-bond acceptors (Lipinski definition) is 3. The lowest BCUT2D eigenvalue weighted by atomic mass is 9.94. The largest absolute Gasteiger partial charge is 0.353 e. The minimum atomic E-state index is -0.234. The highest BCUT2D eigenvalue weighted by molar-refractivity contribution is 6.06. The first-order valence-electron chi connectivity index (χ1n) is 8.86. The smallest absolute Gasteiger partial charge is 0.259 e. The van der Waals surface area contributed by atoms with E-state index in [-0.39, 0.29) is 18.4 Å². The van der Waals surface area contributed by atoms with Crippen LogP contribution >= 0.6 is 0 Å². The molecule has 2 N–H and O–H groups in total. The molecule has 0 saturated carbocycles. The number of nitrogens with one attached hydrogen (secondary N) is 2. The lowest BCUT2D eigenvalue weighted by molar-refractivity contribution is -0.133. The lowest BCUT2D eigenvalue weighted by Crippen LogP contribution is -2.36. The zero-order chi connectivity index (χ0) is 17.4. The second-order valence-corrected chi connectivity index (χ2v) is 6.89. The molecular formula is C19H22N4O2. The number of amides is 2. The maximum atomic E-state index is 12.1. The summed E-state index contributed by atoms with van der Waals surface area (Å²) in [5.74, 6) is -0.185. The summed E-state index contributed by atoms with van der Waals surface area (Å²) in [6, 6.07) is 6.39. The average molecular weight is 338 g/mol. The zero-order valence-electron chi connectivity index (χ0n) is 14.4. The molecular weight excluding hydrogens is 316 g/mol. The second-order valence-electron chi connectivity index (χ2n) is 6.89. The van der Waals surface area contributed by atoms with Crippen molar-refractivity contribution in [2.24, 2.45) is 5.10 Å². The van der Waals surface area contributed by atoms with E-state index < -0.39 is 0 Å². The quantitative estimate of drug-likeness (QED) is 0.842. The summed E-state index contributed by atoms with van der Waals surface area (Å²) >= 11 is 0. The summed E-state index contributed by atoms with van der Waals surface area (Å²) in [5, 5.41) is 5.60. The molecule has 1 aliphatic heterocycles. The van der Waals surface area contributed by atoms with Crippen molar-refractivity contribution in [3.05, 3.63) is 35.0 Å². The van der Waals surface area contributed by atoms with Crippen LogP contribution in [0.3, 0.4) is 0 Å². The third kappa shape index (κ3) is 3.04. The fourth-order valence-corrected chi connectivity index (χ4v) is 3.75. The number of H-pyrrole nitrogens is 1. The van der Waals surface area contributed by atoms with Gasteiger partial charge in [0.25, 0.3) is 5.91 Å². The highest BCUT2D eigenvalue weighted by Crippen LogP contribution is 2.30. The molecule has 2 amide bonds. The zero-order valence-corrected chi connectivity index (χ0v) is 14.4. The predicted molar refractivity (Wildman–Crippen MR) is 96.5 cm³/mol. The van der Waals surface area contributed by atoms with Crippen LogP contribution in [-0.4, -0.2) is 40.5 Å². The van der Waals surface area contributed by atoms with Gasteiger partial charge in [-0.1, -0.05) is 11.6 Å². The molecule has 6 heteroatoms. The van der Waals surface area contributed by atoms with Crippen LogP contribution in [0.15, 0.2) is 23.3 Å². The number of hydrogen-bond donors (Lipinski definition) is 2. The third-order valence-corrected chi connectivity index (χ3v) is 5.01. The summed E-state index contributed by atoms with van der Waals surface area (Å²) in [4.78, 5) is 28.7. The molecule has 1 aromatic carbocycles. The number of carbonyl (C=O) groups is 2. The van der Waals surface area contributed by atoms with Gasteiger partial charge in [-0.3, -0.25) is 9.59 Å². The number of rotatable bonds is 3. The Labute approximate surface area is 146 Å². The number of aryl methyl sites for hydroxylation is 2. The van der Waals surface area contributed by atoms with Gasteiger partial charge in [0.1, 0.15) is 6.54 Å². The molecule has 0 unspecified atom stereocenters. The van der Waals surface area contributed by atoms with Crippen molar-refractivity contribution < 1.29 is 9.59 Å². The Morgan fingerprint density at radius 1 is 1.28 bits per heavy atom. The van der Waals surface area contributed by atoms with E-state index in [1.807, 2.05) is 0 Å². The van der Waals surface area contributed by atoms with Crippen LogP contribution < -0.4 is 5.43 Å². The van der Waals surface area contributed by atoms with Crippen LogP contribution in [0.4, 0.5) is 0 Å². The van der Waals surface area contributed by atoms with Gasteiger partial charge in [0.15, 0.2) is 0 Å². The summed E-state index contributed by atoms with van der Waals surface area (Å²) in [7, 11) is 0. The van der Waals surface area contributed by atoms with Gasteiger partial charge in [0.2, 0.25) is 5.91 Å². The molecule has 1 fully saturated rings. The minimum absolute atomic E-state index is 0.0498. The number of carbonyl (C=O) groups excluding carboxylic acids is 2. The Balaban J connectivity index is 1.54. The topological polar surface area (TPSA) is 77.6 Å². The molecule has 1 aliphatic carbocycles. The Hall–Kier alpha value is -2.63. The van der Waals surface area contributed by atoms with E-state index in [0.717, 1.165) is 42.6 Å². The number of aromatic amines is 1. The highest BCUT2D eigenvalue weighted by atomic mass is 16.2. The highest BCUT2D eigenvalue weighted by Gasteiger charge is 2.23. The molecule has 4 rings (SSSR count). The molecule has 25 heavy (non-hydrogen) atoms. The van der Waals surface area contributed by atoms with Crippen molar-refractivity contribution in [1.82, 2.24) is 15.3 Å². The third-order valence-electron chi connectivity index (χ3n) is 5.01. The maximum absolute atomic E-state index is 12.1. The number of hydrazone groups is 1. The van der Waals surface area contributed by atoms with Crippen molar-refractivity contribution in [2.75, 3.05) is 13.1 Å². The van der Waals surface area contributed by atoms with Gasteiger partial charge in [-0.25, -0.2) is 5.43 Å². The molecule has 0 radical (unpaired) electrons. The van der Waals surface area contributed by atoms with Crippen LogP contribution in [0.25, 0.3) is 10.9 Å². The average Bonchev–Trinajstić information content (AvgIpc) is 3.17. The van der Waals surface area contributed by atoms with Crippen LogP contribution in [0.2, 0.25) is 0 Å². The van der Waals surface area contributed by atoms with Crippen LogP contribution in [0.1, 0.15) is 42.5 Å². The van der Waals surface area contributed by atoms with E-state index in [0.29, 0.717) is 13.0 Å². The van der Waals surface area contributed by atoms with Crippen LogP contribution in [0.5, 0.6) is 0 Å². The van der Waals surface area contributed by atoms with E-state index in [1.165, 1.54) is 16.5 Å². The van der Waals surface area contributed by atoms with Gasteiger partial charge < -0.3 is 9.88 Å². The summed E-state index contributed by atoms with van der Waals surface area (Å²) in [6.45, 7) is 2.85. The molecule has 1 aromatic heterocycles. The summed E-state index contributed by atoms with van der Waals surface area (Å²) in [6.07, 6.45) is 4.25. The summed E-state index contributed by atoms with van der Waals surface area (Å²) in [5.41, 5.74) is 8.18. The SMILES string of the molecule is Cc1ccc2[nH]c3c(c2c1)CCC/C3=N/NC(=O)CN1CCCC1=O. The molecule has 130 valence electrons.